The van der Waals surface area contributed by atoms with Crippen molar-refractivity contribution in [3.05, 3.63) is 24.0 Å². The largest absolute Gasteiger partial charge is 0.474 e. The molecule has 0 bridgehead atoms. The Morgan fingerprint density at radius 2 is 2.00 bits per heavy atom. The van der Waals surface area contributed by atoms with Crippen molar-refractivity contribution in [2.24, 2.45) is 0 Å². The Labute approximate surface area is 186 Å². The molecule has 10 nitrogen and oxygen atoms in total. The first kappa shape index (κ1) is 23.4. The number of anilines is 2. The summed E-state index contributed by atoms with van der Waals surface area (Å²) in [6.45, 7) is 1.79. The van der Waals surface area contributed by atoms with E-state index in [-0.39, 0.29) is 31.4 Å². The van der Waals surface area contributed by atoms with Crippen LogP contribution in [0.1, 0.15) is 0 Å². The third-order valence-corrected chi connectivity index (χ3v) is 7.40. The van der Waals surface area contributed by atoms with Crippen LogP contribution in [0.5, 0.6) is 0 Å². The zero-order valence-electron chi connectivity index (χ0n) is 17.6. The summed E-state index contributed by atoms with van der Waals surface area (Å²) in [4.78, 5) is 15.3. The van der Waals surface area contributed by atoms with Crippen molar-refractivity contribution in [2.75, 3.05) is 70.3 Å². The molecule has 2 fully saturated rings. The topological polar surface area (TPSA) is 94.7 Å². The number of thiocarbonyl (C=S) groups is 1. The number of benzene rings is 1. The maximum atomic E-state index is 14.9. The lowest BCUT2D eigenvalue weighted by Gasteiger charge is -2.36. The first-order valence-corrected chi connectivity index (χ1v) is 11.5. The van der Waals surface area contributed by atoms with E-state index in [0.717, 1.165) is 0 Å². The van der Waals surface area contributed by atoms with Crippen LogP contribution in [-0.4, -0.2) is 94.9 Å². The Morgan fingerprint density at radius 3 is 2.58 bits per heavy atom. The molecule has 31 heavy (non-hydrogen) atoms. The molecule has 172 valence electrons. The highest BCUT2D eigenvalue weighted by Crippen LogP contribution is 2.28. The lowest BCUT2D eigenvalue weighted by Crippen LogP contribution is -2.51. The molecule has 1 aromatic carbocycles. The zero-order chi connectivity index (χ0) is 22.8. The molecule has 2 aliphatic rings. The first-order chi connectivity index (χ1) is 14.6. The van der Waals surface area contributed by atoms with Gasteiger partial charge in [0.2, 0.25) is 0 Å². The van der Waals surface area contributed by atoms with Gasteiger partial charge in [-0.2, -0.15) is 17.0 Å². The average Bonchev–Trinajstić information content (AvgIpc) is 3.12. The van der Waals surface area contributed by atoms with Crippen LogP contribution in [0.4, 0.5) is 20.6 Å². The van der Waals surface area contributed by atoms with Crippen molar-refractivity contribution in [2.45, 2.75) is 6.10 Å². The predicted octanol–water partition coefficient (Wildman–Crippen LogP) is 0.600. The van der Waals surface area contributed by atoms with Crippen LogP contribution in [0.25, 0.3) is 0 Å². The summed E-state index contributed by atoms with van der Waals surface area (Å²) in [7, 11) is 0.913. The van der Waals surface area contributed by atoms with Crippen LogP contribution in [0.3, 0.4) is 0 Å². The van der Waals surface area contributed by atoms with Gasteiger partial charge in [0.05, 0.1) is 31.6 Å². The number of carbonyl (C=O) groups excluding carboxylic acids is 1. The van der Waals surface area contributed by atoms with Crippen molar-refractivity contribution in [1.29, 1.82) is 0 Å². The average molecular weight is 476 g/mol. The number of nitrogens with one attached hydrogen (secondary N) is 1. The van der Waals surface area contributed by atoms with Crippen LogP contribution < -0.4 is 15.1 Å². The molecule has 0 aliphatic carbocycles. The molecule has 2 saturated heterocycles. The summed E-state index contributed by atoms with van der Waals surface area (Å²) in [6.07, 6.45) is -1.01. The quantitative estimate of drug-likeness (QED) is 0.598. The van der Waals surface area contributed by atoms with Crippen LogP contribution in [0, 0.1) is 5.82 Å². The predicted molar refractivity (Wildman–Crippen MR) is 118 cm³/mol. The Morgan fingerprint density at radius 1 is 1.32 bits per heavy atom. The standard InChI is InChI=1S/C18H26FN5O5S2/c1-21(2)31(26,27)23-8-6-22(7-9-23)16-5-4-13(10-15(16)19)24-12-14(29-18(24)25)11-20-17(30)28-3/h4-5,10,14H,6-9,11-12H2,1-3H3,(H,20,30)/t14-/m0/s1. The van der Waals surface area contributed by atoms with Gasteiger partial charge in [-0.05, 0) is 30.4 Å². The van der Waals surface area contributed by atoms with E-state index < -0.39 is 28.2 Å². The van der Waals surface area contributed by atoms with Crippen LogP contribution in [0.2, 0.25) is 0 Å². The molecule has 13 heteroatoms. The molecule has 0 spiro atoms. The molecule has 0 aromatic heterocycles. The first-order valence-electron chi connectivity index (χ1n) is 9.65. The molecule has 3 rings (SSSR count). The Bertz CT molecular complexity index is 937. The van der Waals surface area contributed by atoms with Gasteiger partial charge in [0.15, 0.2) is 0 Å². The van der Waals surface area contributed by atoms with Gasteiger partial charge >= 0.3 is 6.09 Å². The second-order valence-electron chi connectivity index (χ2n) is 7.30. The van der Waals surface area contributed by atoms with E-state index in [4.69, 9.17) is 21.7 Å². The minimum atomic E-state index is -3.49. The summed E-state index contributed by atoms with van der Waals surface area (Å²) < 4.78 is 52.0. The molecule has 1 amide bonds. The van der Waals surface area contributed by atoms with E-state index in [1.54, 1.807) is 17.0 Å². The zero-order valence-corrected chi connectivity index (χ0v) is 19.2. The highest BCUT2D eigenvalue weighted by atomic mass is 32.2. The van der Waals surface area contributed by atoms with E-state index >= 15 is 0 Å². The monoisotopic (exact) mass is 475 g/mol. The van der Waals surface area contributed by atoms with Gasteiger partial charge in [-0.25, -0.2) is 9.18 Å². The number of amides is 1. The number of hydrogen-bond donors (Lipinski definition) is 1. The van der Waals surface area contributed by atoms with Gasteiger partial charge in [-0.1, -0.05) is 0 Å². The van der Waals surface area contributed by atoms with Gasteiger partial charge in [-0.3, -0.25) is 4.90 Å². The van der Waals surface area contributed by atoms with E-state index in [9.17, 15) is 17.6 Å². The highest BCUT2D eigenvalue weighted by molar-refractivity contribution is 7.86. The number of halogens is 1. The lowest BCUT2D eigenvalue weighted by molar-refractivity contribution is 0.142. The van der Waals surface area contributed by atoms with Crippen LogP contribution in [0.15, 0.2) is 18.2 Å². The van der Waals surface area contributed by atoms with Gasteiger partial charge < -0.3 is 19.7 Å². The van der Waals surface area contributed by atoms with Crippen molar-refractivity contribution in [3.8, 4) is 0 Å². The molecule has 1 atom stereocenters. The lowest BCUT2D eigenvalue weighted by atomic mass is 10.2. The molecule has 2 heterocycles. The number of methoxy groups -OCH3 is 1. The number of rotatable bonds is 6. The van der Waals surface area contributed by atoms with E-state index in [2.05, 4.69) is 5.32 Å². The summed E-state index contributed by atoms with van der Waals surface area (Å²) >= 11 is 4.90. The molecular weight excluding hydrogens is 449 g/mol. The minimum Gasteiger partial charge on any atom is -0.474 e. The SMILES string of the molecule is COC(=S)NC[C@H]1CN(c2ccc(N3CCN(S(=O)(=O)N(C)C)CC3)c(F)c2)C(=O)O1. The molecule has 1 aromatic rings. The maximum Gasteiger partial charge on any atom is 0.414 e. The van der Waals surface area contributed by atoms with Gasteiger partial charge in [0, 0.05) is 40.3 Å². The van der Waals surface area contributed by atoms with E-state index in [1.165, 1.54) is 40.8 Å². The van der Waals surface area contributed by atoms with Gasteiger partial charge in [-0.15, -0.1) is 0 Å². The molecule has 0 unspecified atom stereocenters. The van der Waals surface area contributed by atoms with Crippen molar-refractivity contribution in [1.82, 2.24) is 13.9 Å². The molecular formula is C18H26FN5O5S2. The van der Waals surface area contributed by atoms with E-state index in [0.29, 0.717) is 24.5 Å². The summed E-state index contributed by atoms with van der Waals surface area (Å²) in [5, 5.41) is 3.02. The number of nitrogens with zero attached hydrogens (tertiary/aromatic N) is 4. The Balaban J connectivity index is 1.63. The van der Waals surface area contributed by atoms with E-state index in [1.807, 2.05) is 0 Å². The number of ether oxygens (including phenoxy) is 2. The molecule has 0 radical (unpaired) electrons. The summed E-state index contributed by atoms with van der Waals surface area (Å²) in [5.74, 6) is -0.489. The second kappa shape index (κ2) is 9.51. The summed E-state index contributed by atoms with van der Waals surface area (Å²) in [5.41, 5.74) is 0.749. The fourth-order valence-corrected chi connectivity index (χ4v) is 4.59. The maximum absolute atomic E-state index is 14.9. The van der Waals surface area contributed by atoms with Crippen molar-refractivity contribution >= 4 is 45.1 Å². The summed E-state index contributed by atoms with van der Waals surface area (Å²) in [6, 6.07) is 4.53. The number of hydrogen-bond acceptors (Lipinski definition) is 7. The number of piperazine rings is 1. The minimum absolute atomic E-state index is 0.198. The van der Waals surface area contributed by atoms with Crippen molar-refractivity contribution in [3.63, 3.8) is 0 Å². The van der Waals surface area contributed by atoms with Crippen LogP contribution in [-0.2, 0) is 19.7 Å². The van der Waals surface area contributed by atoms with Crippen molar-refractivity contribution < 1.29 is 27.1 Å². The Hall–Kier alpha value is -2.22. The second-order valence-corrected chi connectivity index (χ2v) is 9.81. The number of carbonyl (C=O) groups is 1. The normalized spacial score (nSPS) is 20.2. The Kier molecular flexibility index (Phi) is 7.19. The fourth-order valence-electron chi connectivity index (χ4n) is 3.42. The smallest absolute Gasteiger partial charge is 0.414 e. The van der Waals surface area contributed by atoms with Gasteiger partial charge in [0.25, 0.3) is 15.4 Å². The third-order valence-electron chi connectivity index (χ3n) is 5.14. The van der Waals surface area contributed by atoms with Gasteiger partial charge in [0.1, 0.15) is 11.9 Å². The number of cyclic esters (lactones) is 1. The highest BCUT2D eigenvalue weighted by Gasteiger charge is 2.33. The molecule has 2 aliphatic heterocycles. The molecule has 1 N–H and O–H groups in total. The molecule has 0 saturated carbocycles. The fraction of sp³-hybridized carbons (Fsp3) is 0.556. The van der Waals surface area contributed by atoms with Crippen LogP contribution >= 0.6 is 12.2 Å². The third kappa shape index (κ3) is 5.17.